The van der Waals surface area contributed by atoms with Gasteiger partial charge in [0.25, 0.3) is 0 Å². The maximum atomic E-state index is 14.5. The van der Waals surface area contributed by atoms with E-state index >= 15 is 0 Å². The predicted molar refractivity (Wildman–Crippen MR) is 96.2 cm³/mol. The van der Waals surface area contributed by atoms with Crippen molar-refractivity contribution in [1.82, 2.24) is 0 Å². The quantitative estimate of drug-likeness (QED) is 0.340. The fourth-order valence-electron chi connectivity index (χ4n) is 2.98. The summed E-state index contributed by atoms with van der Waals surface area (Å²) in [6.07, 6.45) is -3.26. The van der Waals surface area contributed by atoms with Crippen molar-refractivity contribution in [3.8, 4) is 23.0 Å². The molecule has 0 aliphatic carbocycles. The highest BCUT2D eigenvalue weighted by Crippen LogP contribution is 2.30. The molecule has 3 aromatic carbocycles. The number of benzene rings is 3. The molecular formula is C22H14F6. The summed E-state index contributed by atoms with van der Waals surface area (Å²) in [4.78, 5) is 0. The first-order valence-corrected chi connectivity index (χ1v) is 8.50. The summed E-state index contributed by atoms with van der Waals surface area (Å²) >= 11 is 0. The fourth-order valence-corrected chi connectivity index (χ4v) is 2.98. The molecule has 6 heteroatoms. The van der Waals surface area contributed by atoms with Crippen LogP contribution >= 0.6 is 0 Å². The van der Waals surface area contributed by atoms with Gasteiger partial charge in [-0.05, 0) is 41.1 Å². The van der Waals surface area contributed by atoms with E-state index in [4.69, 9.17) is 0 Å². The standard InChI is InChI=1S/C22H14F6/c1-2-3-13-4-6-16(19(23)10-13)14-5-7-17-15(11-14)12-20(24)18(21(17)25)8-9-22(26,27)28/h4-7,10-12H,2-3H2,1H3. The molecule has 0 atom stereocenters. The molecule has 0 saturated carbocycles. The molecule has 144 valence electrons. The summed E-state index contributed by atoms with van der Waals surface area (Å²) in [5.41, 5.74) is 0.562. The molecular weight excluding hydrogens is 378 g/mol. The van der Waals surface area contributed by atoms with E-state index in [0.29, 0.717) is 5.56 Å². The normalized spacial score (nSPS) is 11.4. The van der Waals surface area contributed by atoms with Gasteiger partial charge in [-0.3, -0.25) is 0 Å². The van der Waals surface area contributed by atoms with Gasteiger partial charge in [0, 0.05) is 16.9 Å². The van der Waals surface area contributed by atoms with E-state index in [1.54, 1.807) is 12.1 Å². The van der Waals surface area contributed by atoms with E-state index < -0.39 is 29.2 Å². The van der Waals surface area contributed by atoms with Crippen molar-refractivity contribution >= 4 is 10.8 Å². The molecule has 0 nitrogen and oxygen atoms in total. The van der Waals surface area contributed by atoms with E-state index in [0.717, 1.165) is 30.4 Å². The molecule has 0 aliphatic heterocycles. The lowest BCUT2D eigenvalue weighted by atomic mass is 9.97. The Balaban J connectivity index is 2.09. The van der Waals surface area contributed by atoms with Crippen molar-refractivity contribution in [3.63, 3.8) is 0 Å². The second-order valence-corrected chi connectivity index (χ2v) is 6.30. The number of hydrogen-bond acceptors (Lipinski definition) is 0. The molecule has 0 radical (unpaired) electrons. The molecule has 0 bridgehead atoms. The third-order valence-corrected chi connectivity index (χ3v) is 4.24. The number of aryl methyl sites for hydroxylation is 1. The molecule has 3 rings (SSSR count). The highest BCUT2D eigenvalue weighted by atomic mass is 19.4. The van der Waals surface area contributed by atoms with Gasteiger partial charge in [0.15, 0.2) is 0 Å². The van der Waals surface area contributed by atoms with Crippen LogP contribution in [-0.2, 0) is 6.42 Å². The minimum Gasteiger partial charge on any atom is -0.206 e. The van der Waals surface area contributed by atoms with Crippen LogP contribution in [0, 0.1) is 29.3 Å². The van der Waals surface area contributed by atoms with Gasteiger partial charge in [-0.15, -0.1) is 0 Å². The minimum atomic E-state index is -4.86. The Morgan fingerprint density at radius 3 is 2.29 bits per heavy atom. The first-order valence-electron chi connectivity index (χ1n) is 8.50. The van der Waals surface area contributed by atoms with Crippen LogP contribution in [0.1, 0.15) is 24.5 Å². The highest BCUT2D eigenvalue weighted by Gasteiger charge is 2.24. The number of hydrogen-bond donors (Lipinski definition) is 0. The van der Waals surface area contributed by atoms with Crippen molar-refractivity contribution in [3.05, 3.63) is 71.0 Å². The molecule has 0 spiro atoms. The molecule has 3 aromatic rings. The van der Waals surface area contributed by atoms with Crippen LogP contribution in [0.3, 0.4) is 0 Å². The van der Waals surface area contributed by atoms with Crippen molar-refractivity contribution in [2.45, 2.75) is 25.9 Å². The average molecular weight is 392 g/mol. The zero-order chi connectivity index (χ0) is 20.5. The van der Waals surface area contributed by atoms with Gasteiger partial charge in [0.2, 0.25) is 0 Å². The van der Waals surface area contributed by atoms with E-state index in [9.17, 15) is 26.3 Å². The fraction of sp³-hybridized carbons (Fsp3) is 0.182. The minimum absolute atomic E-state index is 0.0976. The van der Waals surface area contributed by atoms with Crippen LogP contribution in [0.5, 0.6) is 0 Å². The van der Waals surface area contributed by atoms with E-state index in [-0.39, 0.29) is 16.3 Å². The molecule has 28 heavy (non-hydrogen) atoms. The molecule has 0 N–H and O–H groups in total. The zero-order valence-electron chi connectivity index (χ0n) is 14.7. The second-order valence-electron chi connectivity index (χ2n) is 6.30. The number of rotatable bonds is 3. The summed E-state index contributed by atoms with van der Waals surface area (Å²) in [5.74, 6) is -0.486. The van der Waals surface area contributed by atoms with Crippen LogP contribution in [0.2, 0.25) is 0 Å². The first kappa shape index (κ1) is 19.8. The summed E-state index contributed by atoms with van der Waals surface area (Å²) < 4.78 is 79.7. The summed E-state index contributed by atoms with van der Waals surface area (Å²) in [7, 11) is 0. The van der Waals surface area contributed by atoms with Crippen molar-refractivity contribution in [2.75, 3.05) is 0 Å². The first-order chi connectivity index (χ1) is 13.2. The van der Waals surface area contributed by atoms with Gasteiger partial charge in [0.05, 0.1) is 5.56 Å². The van der Waals surface area contributed by atoms with E-state index in [1.807, 2.05) is 6.92 Å². The second kappa shape index (κ2) is 7.59. The highest BCUT2D eigenvalue weighted by molar-refractivity contribution is 5.89. The van der Waals surface area contributed by atoms with Crippen molar-refractivity contribution in [2.24, 2.45) is 0 Å². The maximum Gasteiger partial charge on any atom is 0.458 e. The predicted octanol–water partition coefficient (Wildman–Crippen LogP) is 6.79. The van der Waals surface area contributed by atoms with Crippen LogP contribution in [-0.4, -0.2) is 6.18 Å². The number of fused-ring (bicyclic) bond motifs is 1. The SMILES string of the molecule is CCCc1ccc(-c2ccc3c(F)c(C#CC(F)(F)F)c(F)cc3c2)c(F)c1. The molecule has 0 unspecified atom stereocenters. The monoisotopic (exact) mass is 392 g/mol. The Kier molecular flexibility index (Phi) is 5.37. The molecule has 0 saturated heterocycles. The van der Waals surface area contributed by atoms with Crippen molar-refractivity contribution in [1.29, 1.82) is 0 Å². The lowest BCUT2D eigenvalue weighted by Gasteiger charge is -2.09. The van der Waals surface area contributed by atoms with Gasteiger partial charge in [-0.1, -0.05) is 43.5 Å². The van der Waals surface area contributed by atoms with Gasteiger partial charge < -0.3 is 0 Å². The zero-order valence-corrected chi connectivity index (χ0v) is 14.7. The smallest absolute Gasteiger partial charge is 0.206 e. The van der Waals surface area contributed by atoms with Gasteiger partial charge in [-0.2, -0.15) is 13.2 Å². The third-order valence-electron chi connectivity index (χ3n) is 4.24. The number of alkyl halides is 3. The van der Waals surface area contributed by atoms with E-state index in [1.165, 1.54) is 30.2 Å². The Morgan fingerprint density at radius 1 is 0.893 bits per heavy atom. The van der Waals surface area contributed by atoms with Gasteiger partial charge in [-0.25, -0.2) is 13.2 Å². The lowest BCUT2D eigenvalue weighted by Crippen LogP contribution is -2.02. The molecule has 0 amide bonds. The molecule has 0 heterocycles. The Morgan fingerprint density at radius 2 is 1.64 bits per heavy atom. The average Bonchev–Trinajstić information content (AvgIpc) is 2.60. The van der Waals surface area contributed by atoms with Crippen LogP contribution in [0.25, 0.3) is 21.9 Å². The molecule has 0 aliphatic rings. The van der Waals surface area contributed by atoms with Gasteiger partial charge >= 0.3 is 6.18 Å². The topological polar surface area (TPSA) is 0 Å². The van der Waals surface area contributed by atoms with Crippen LogP contribution in [0.4, 0.5) is 26.3 Å². The van der Waals surface area contributed by atoms with Crippen LogP contribution in [0.15, 0.2) is 42.5 Å². The van der Waals surface area contributed by atoms with Gasteiger partial charge in [0.1, 0.15) is 17.5 Å². The maximum absolute atomic E-state index is 14.5. The third kappa shape index (κ3) is 4.14. The Labute approximate surface area is 157 Å². The summed E-state index contributed by atoms with van der Waals surface area (Å²) in [6, 6.07) is 9.78. The Bertz CT molecular complexity index is 1100. The van der Waals surface area contributed by atoms with E-state index in [2.05, 4.69) is 0 Å². The van der Waals surface area contributed by atoms with Crippen molar-refractivity contribution < 1.29 is 26.3 Å². The summed E-state index contributed by atoms with van der Waals surface area (Å²) in [6.45, 7) is 1.98. The lowest BCUT2D eigenvalue weighted by molar-refractivity contribution is -0.0696. The number of halogens is 6. The largest absolute Gasteiger partial charge is 0.458 e. The summed E-state index contributed by atoms with van der Waals surface area (Å²) in [5, 5.41) is 0.00160. The van der Waals surface area contributed by atoms with Crippen LogP contribution < -0.4 is 0 Å². The molecule has 0 fully saturated rings. The molecule has 0 aromatic heterocycles. The Hall–Kier alpha value is -2.94.